The minimum Gasteiger partial charge on any atom is -0.497 e. The maximum absolute atomic E-state index is 6.09. The largest absolute Gasteiger partial charge is 0.497 e. The first kappa shape index (κ1) is 14.7. The molecule has 21 heavy (non-hydrogen) atoms. The second-order valence-corrected chi connectivity index (χ2v) is 6.11. The van der Waals surface area contributed by atoms with Crippen LogP contribution in [0.2, 0.25) is 0 Å². The summed E-state index contributed by atoms with van der Waals surface area (Å²) in [6.07, 6.45) is 3.61. The van der Waals surface area contributed by atoms with E-state index in [2.05, 4.69) is 15.6 Å². The second kappa shape index (κ2) is 5.85. The lowest BCUT2D eigenvalue weighted by Gasteiger charge is -2.17. The van der Waals surface area contributed by atoms with Gasteiger partial charge in [-0.15, -0.1) is 11.6 Å². The molecule has 0 aliphatic heterocycles. The van der Waals surface area contributed by atoms with Gasteiger partial charge in [-0.3, -0.25) is 0 Å². The first-order chi connectivity index (χ1) is 10.2. The van der Waals surface area contributed by atoms with Gasteiger partial charge in [-0.1, -0.05) is 0 Å². The number of ether oxygens (including phenoxy) is 2. The molecule has 0 spiro atoms. The van der Waals surface area contributed by atoms with Crippen molar-refractivity contribution >= 4 is 22.6 Å². The highest BCUT2D eigenvalue weighted by atomic mass is 35.5. The zero-order valence-corrected chi connectivity index (χ0v) is 13.3. The summed E-state index contributed by atoms with van der Waals surface area (Å²) in [5.41, 5.74) is 2.45. The lowest BCUT2D eigenvalue weighted by Crippen LogP contribution is -2.15. The molecule has 0 saturated heterocycles. The van der Waals surface area contributed by atoms with Gasteiger partial charge in [0, 0.05) is 26.3 Å². The smallest absolute Gasteiger partial charge is 0.124 e. The Morgan fingerprint density at radius 1 is 1.33 bits per heavy atom. The third kappa shape index (κ3) is 2.87. The Balaban J connectivity index is 1.93. The van der Waals surface area contributed by atoms with Crippen LogP contribution in [-0.4, -0.2) is 30.4 Å². The van der Waals surface area contributed by atoms with Crippen molar-refractivity contribution in [3.63, 3.8) is 0 Å². The highest BCUT2D eigenvalue weighted by Crippen LogP contribution is 2.50. The second-order valence-electron chi connectivity index (χ2n) is 5.85. The van der Waals surface area contributed by atoms with Crippen LogP contribution in [-0.2, 0) is 17.2 Å². The van der Waals surface area contributed by atoms with Gasteiger partial charge in [0.25, 0.3) is 0 Å². The molecule has 1 aromatic heterocycles. The van der Waals surface area contributed by atoms with Gasteiger partial charge < -0.3 is 14.0 Å². The molecule has 1 aromatic carbocycles. The van der Waals surface area contributed by atoms with E-state index in [0.29, 0.717) is 11.3 Å². The van der Waals surface area contributed by atoms with Gasteiger partial charge in [0.15, 0.2) is 0 Å². The third-order valence-electron chi connectivity index (χ3n) is 4.44. The average Bonchev–Trinajstić information content (AvgIpc) is 3.20. The number of halogens is 1. The van der Waals surface area contributed by atoms with Crippen LogP contribution < -0.4 is 4.74 Å². The van der Waals surface area contributed by atoms with Gasteiger partial charge in [0.1, 0.15) is 11.6 Å². The van der Waals surface area contributed by atoms with Crippen molar-refractivity contribution in [3.05, 3.63) is 24.0 Å². The molecule has 0 radical (unpaired) electrons. The first-order valence-electron chi connectivity index (χ1n) is 7.29. The number of benzene rings is 1. The summed E-state index contributed by atoms with van der Waals surface area (Å²) in [6.45, 7) is 1.79. The van der Waals surface area contributed by atoms with E-state index in [4.69, 9.17) is 21.1 Å². The molecular formula is C16H21ClN2O2. The Bertz CT molecular complexity index is 634. The van der Waals surface area contributed by atoms with E-state index in [0.717, 1.165) is 42.2 Å². The van der Waals surface area contributed by atoms with Crippen molar-refractivity contribution in [1.82, 2.24) is 9.55 Å². The zero-order valence-electron chi connectivity index (χ0n) is 12.6. The molecule has 1 aliphatic carbocycles. The molecule has 0 unspecified atom stereocenters. The molecule has 0 bridgehead atoms. The van der Waals surface area contributed by atoms with Gasteiger partial charge in [0.05, 0.1) is 24.0 Å². The molecule has 0 atom stereocenters. The van der Waals surface area contributed by atoms with Crippen molar-refractivity contribution < 1.29 is 9.47 Å². The number of alkyl halides is 1. The lowest BCUT2D eigenvalue weighted by atomic mass is 10.0. The summed E-state index contributed by atoms with van der Waals surface area (Å²) >= 11 is 6.09. The van der Waals surface area contributed by atoms with Gasteiger partial charge >= 0.3 is 0 Å². The van der Waals surface area contributed by atoms with Gasteiger partial charge in [0.2, 0.25) is 0 Å². The van der Waals surface area contributed by atoms with Gasteiger partial charge in [-0.05, 0) is 36.8 Å². The topological polar surface area (TPSA) is 36.3 Å². The van der Waals surface area contributed by atoms with Crippen LogP contribution in [0.25, 0.3) is 11.0 Å². The molecular weight excluding hydrogens is 288 g/mol. The van der Waals surface area contributed by atoms with E-state index in [9.17, 15) is 0 Å². The molecule has 3 rings (SSSR count). The predicted octanol–water partition coefficient (Wildman–Crippen LogP) is 3.60. The van der Waals surface area contributed by atoms with Crippen molar-refractivity contribution in [2.45, 2.75) is 31.7 Å². The summed E-state index contributed by atoms with van der Waals surface area (Å²) in [7, 11) is 3.43. The number of methoxy groups -OCH3 is 2. The first-order valence-corrected chi connectivity index (χ1v) is 7.83. The summed E-state index contributed by atoms with van der Waals surface area (Å²) in [5.74, 6) is 2.19. The van der Waals surface area contributed by atoms with Crippen LogP contribution in [0.3, 0.4) is 0 Å². The van der Waals surface area contributed by atoms with E-state index in [1.807, 2.05) is 12.1 Å². The Kier molecular flexibility index (Phi) is 4.09. The average molecular weight is 309 g/mol. The SMILES string of the molecule is COCCC1(Cn2c(CCl)nc3cc(OC)ccc32)CC1. The van der Waals surface area contributed by atoms with E-state index in [1.54, 1.807) is 14.2 Å². The standard InChI is InChI=1S/C16H21ClN2O2/c1-20-8-7-16(5-6-16)11-19-14-4-3-12(21-2)9-13(14)18-15(19)10-17/h3-4,9H,5-8,10-11H2,1-2H3. The quantitative estimate of drug-likeness (QED) is 0.733. The van der Waals surface area contributed by atoms with Crippen molar-refractivity contribution in [3.8, 4) is 5.75 Å². The number of aromatic nitrogens is 2. The molecule has 2 aromatic rings. The fourth-order valence-corrected chi connectivity index (χ4v) is 3.09. The number of imidazole rings is 1. The Hall–Kier alpha value is -1.26. The van der Waals surface area contributed by atoms with Gasteiger partial charge in [-0.2, -0.15) is 0 Å². The van der Waals surface area contributed by atoms with Crippen LogP contribution in [0, 0.1) is 5.41 Å². The third-order valence-corrected chi connectivity index (χ3v) is 4.68. The molecule has 0 N–H and O–H groups in total. The van der Waals surface area contributed by atoms with E-state index < -0.39 is 0 Å². The van der Waals surface area contributed by atoms with E-state index >= 15 is 0 Å². The zero-order chi connectivity index (χ0) is 14.9. The Morgan fingerprint density at radius 3 is 2.76 bits per heavy atom. The fourth-order valence-electron chi connectivity index (χ4n) is 2.88. The van der Waals surface area contributed by atoms with E-state index in [-0.39, 0.29) is 0 Å². The highest BCUT2D eigenvalue weighted by molar-refractivity contribution is 6.16. The summed E-state index contributed by atoms with van der Waals surface area (Å²) in [4.78, 5) is 4.65. The maximum Gasteiger partial charge on any atom is 0.124 e. The Morgan fingerprint density at radius 2 is 2.14 bits per heavy atom. The number of hydrogen-bond acceptors (Lipinski definition) is 3. The predicted molar refractivity (Wildman–Crippen MR) is 84.0 cm³/mol. The van der Waals surface area contributed by atoms with Crippen molar-refractivity contribution in [1.29, 1.82) is 0 Å². The van der Waals surface area contributed by atoms with Crippen LogP contribution in [0.1, 0.15) is 25.1 Å². The minimum absolute atomic E-state index is 0.365. The van der Waals surface area contributed by atoms with Crippen LogP contribution in [0.5, 0.6) is 5.75 Å². The summed E-state index contributed by atoms with van der Waals surface area (Å²) in [6, 6.07) is 6.02. The van der Waals surface area contributed by atoms with Crippen LogP contribution in [0.15, 0.2) is 18.2 Å². The van der Waals surface area contributed by atoms with Crippen molar-refractivity contribution in [2.75, 3.05) is 20.8 Å². The molecule has 4 nitrogen and oxygen atoms in total. The molecule has 1 aliphatic rings. The molecule has 1 heterocycles. The molecule has 1 saturated carbocycles. The normalized spacial score (nSPS) is 16.3. The minimum atomic E-state index is 0.365. The van der Waals surface area contributed by atoms with Crippen LogP contribution >= 0.6 is 11.6 Å². The molecule has 114 valence electrons. The maximum atomic E-state index is 6.09. The van der Waals surface area contributed by atoms with Gasteiger partial charge in [-0.25, -0.2) is 4.98 Å². The molecule has 0 amide bonds. The van der Waals surface area contributed by atoms with Crippen molar-refractivity contribution in [2.24, 2.45) is 5.41 Å². The number of nitrogens with zero attached hydrogens (tertiary/aromatic N) is 2. The number of fused-ring (bicyclic) bond motifs is 1. The number of rotatable bonds is 7. The van der Waals surface area contributed by atoms with E-state index in [1.165, 1.54) is 12.8 Å². The fraction of sp³-hybridized carbons (Fsp3) is 0.562. The molecule has 1 fully saturated rings. The number of hydrogen-bond donors (Lipinski definition) is 0. The molecule has 5 heteroatoms. The summed E-state index contributed by atoms with van der Waals surface area (Å²) < 4.78 is 12.8. The lowest BCUT2D eigenvalue weighted by molar-refractivity contribution is 0.167. The Labute approximate surface area is 130 Å². The monoisotopic (exact) mass is 308 g/mol. The summed E-state index contributed by atoms with van der Waals surface area (Å²) in [5, 5.41) is 0. The van der Waals surface area contributed by atoms with Crippen LogP contribution in [0.4, 0.5) is 0 Å². The highest BCUT2D eigenvalue weighted by Gasteiger charge is 2.42.